The van der Waals surface area contributed by atoms with Crippen molar-refractivity contribution in [2.24, 2.45) is 0 Å². The lowest BCUT2D eigenvalue weighted by molar-refractivity contribution is 0.414. The second kappa shape index (κ2) is 5.82. The Morgan fingerprint density at radius 1 is 1.39 bits per heavy atom. The number of methoxy groups -OCH3 is 1. The Morgan fingerprint density at radius 3 is 2.94 bits per heavy atom. The lowest BCUT2D eigenvalue weighted by Crippen LogP contribution is -2.09. The third-order valence-corrected chi connectivity index (χ3v) is 3.06. The van der Waals surface area contributed by atoms with Gasteiger partial charge in [-0.3, -0.25) is 0 Å². The fourth-order valence-corrected chi connectivity index (χ4v) is 2.33. The van der Waals surface area contributed by atoms with Crippen LogP contribution in [0.2, 0.25) is 0 Å². The number of rotatable bonds is 5. The molecule has 0 spiro atoms. The third-order valence-electron chi connectivity index (χ3n) is 2.38. The molecule has 0 fully saturated rings. The summed E-state index contributed by atoms with van der Waals surface area (Å²) in [7, 11) is 1.67. The van der Waals surface area contributed by atoms with Crippen molar-refractivity contribution in [1.29, 1.82) is 0 Å². The maximum atomic E-state index is 5.20. The number of anilines is 1. The summed E-state index contributed by atoms with van der Waals surface area (Å²) in [6, 6.07) is 8.36. The second-order valence-corrected chi connectivity index (χ2v) is 5.09. The Morgan fingerprint density at radius 2 is 2.22 bits per heavy atom. The van der Waals surface area contributed by atoms with Crippen LogP contribution in [0.4, 0.5) is 5.13 Å². The Kier molecular flexibility index (Phi) is 4.15. The Hall–Kier alpha value is -1.62. The molecule has 0 radical (unpaired) electrons. The molecule has 0 aliphatic carbocycles. The molecule has 2 aromatic rings. The van der Waals surface area contributed by atoms with Gasteiger partial charge in [0.15, 0.2) is 0 Å². The smallest absolute Gasteiger partial charge is 0.202 e. The summed E-state index contributed by atoms with van der Waals surface area (Å²) in [6.07, 6.45) is 0.730. The van der Waals surface area contributed by atoms with Gasteiger partial charge in [-0.1, -0.05) is 12.1 Å². The van der Waals surface area contributed by atoms with Crippen LogP contribution >= 0.6 is 11.5 Å². The van der Waals surface area contributed by atoms with Gasteiger partial charge in [0.25, 0.3) is 0 Å². The van der Waals surface area contributed by atoms with Gasteiger partial charge in [-0.05, 0) is 31.5 Å². The van der Waals surface area contributed by atoms with E-state index in [0.717, 1.165) is 28.7 Å². The summed E-state index contributed by atoms with van der Waals surface area (Å²) in [5.74, 6) is 1.71. The second-order valence-electron chi connectivity index (χ2n) is 4.34. The van der Waals surface area contributed by atoms with Crippen LogP contribution in [0, 0.1) is 0 Å². The van der Waals surface area contributed by atoms with Crippen LogP contribution in [-0.2, 0) is 6.42 Å². The molecule has 1 heterocycles. The van der Waals surface area contributed by atoms with Gasteiger partial charge in [-0.2, -0.15) is 4.37 Å². The van der Waals surface area contributed by atoms with Crippen molar-refractivity contribution in [2.45, 2.75) is 26.3 Å². The molecule has 1 aromatic carbocycles. The zero-order valence-corrected chi connectivity index (χ0v) is 11.6. The van der Waals surface area contributed by atoms with E-state index in [1.807, 2.05) is 18.2 Å². The van der Waals surface area contributed by atoms with Crippen molar-refractivity contribution in [3.05, 3.63) is 35.7 Å². The largest absolute Gasteiger partial charge is 0.497 e. The lowest BCUT2D eigenvalue weighted by atomic mass is 10.1. The molecule has 2 rings (SSSR count). The molecular weight excluding hydrogens is 246 g/mol. The third kappa shape index (κ3) is 3.43. The summed E-state index contributed by atoms with van der Waals surface area (Å²) in [5.41, 5.74) is 1.16. The van der Waals surface area contributed by atoms with Crippen LogP contribution in [0.5, 0.6) is 5.75 Å². The van der Waals surface area contributed by atoms with Crippen LogP contribution in [0.1, 0.15) is 25.2 Å². The SMILES string of the molecule is COc1cccc(Cc2nsc(NC(C)C)n2)c1. The minimum Gasteiger partial charge on any atom is -0.497 e. The van der Waals surface area contributed by atoms with Crippen molar-refractivity contribution in [1.82, 2.24) is 9.36 Å². The van der Waals surface area contributed by atoms with Gasteiger partial charge in [-0.25, -0.2) is 4.98 Å². The number of benzene rings is 1. The van der Waals surface area contributed by atoms with Gasteiger partial charge < -0.3 is 10.1 Å². The Balaban J connectivity index is 2.06. The van der Waals surface area contributed by atoms with Crippen molar-refractivity contribution >= 4 is 16.7 Å². The van der Waals surface area contributed by atoms with E-state index in [0.29, 0.717) is 6.04 Å². The van der Waals surface area contributed by atoms with E-state index in [2.05, 4.69) is 34.6 Å². The van der Waals surface area contributed by atoms with Crippen LogP contribution in [-0.4, -0.2) is 22.5 Å². The molecule has 5 heteroatoms. The topological polar surface area (TPSA) is 47.0 Å². The van der Waals surface area contributed by atoms with E-state index in [4.69, 9.17) is 4.74 Å². The van der Waals surface area contributed by atoms with Gasteiger partial charge in [0.1, 0.15) is 11.6 Å². The van der Waals surface area contributed by atoms with E-state index in [1.165, 1.54) is 11.5 Å². The highest BCUT2D eigenvalue weighted by Crippen LogP contribution is 2.18. The fraction of sp³-hybridized carbons (Fsp3) is 0.385. The van der Waals surface area contributed by atoms with Gasteiger partial charge in [0.05, 0.1) is 7.11 Å². The molecule has 0 saturated heterocycles. The first kappa shape index (κ1) is 12.8. The average Bonchev–Trinajstić information content (AvgIpc) is 2.76. The van der Waals surface area contributed by atoms with E-state index in [-0.39, 0.29) is 0 Å². The Labute approximate surface area is 111 Å². The van der Waals surface area contributed by atoms with Crippen molar-refractivity contribution in [3.8, 4) is 5.75 Å². The normalized spacial score (nSPS) is 10.7. The minimum absolute atomic E-state index is 0.377. The molecule has 1 aromatic heterocycles. The lowest BCUT2D eigenvalue weighted by Gasteiger charge is -2.04. The highest BCUT2D eigenvalue weighted by Gasteiger charge is 2.06. The molecule has 18 heavy (non-hydrogen) atoms. The summed E-state index contributed by atoms with van der Waals surface area (Å²) < 4.78 is 9.55. The molecule has 0 aliphatic rings. The standard InChI is InChI=1S/C13H17N3OS/c1-9(2)14-13-15-12(16-18-13)8-10-5-4-6-11(7-10)17-3/h4-7,9H,8H2,1-3H3,(H,14,15,16). The molecule has 0 amide bonds. The molecule has 96 valence electrons. The molecule has 0 atom stereocenters. The molecule has 0 bridgehead atoms. The summed E-state index contributed by atoms with van der Waals surface area (Å²) >= 11 is 1.40. The van der Waals surface area contributed by atoms with Crippen LogP contribution in [0.3, 0.4) is 0 Å². The molecular formula is C13H17N3OS. The number of nitrogens with one attached hydrogen (secondary N) is 1. The van der Waals surface area contributed by atoms with Crippen LogP contribution < -0.4 is 10.1 Å². The first-order chi connectivity index (χ1) is 8.67. The first-order valence-corrected chi connectivity index (χ1v) is 6.67. The zero-order chi connectivity index (χ0) is 13.0. The number of ether oxygens (including phenoxy) is 1. The quantitative estimate of drug-likeness (QED) is 0.901. The molecule has 0 saturated carbocycles. The number of hydrogen-bond donors (Lipinski definition) is 1. The van der Waals surface area contributed by atoms with Gasteiger partial charge in [-0.15, -0.1) is 0 Å². The van der Waals surface area contributed by atoms with E-state index < -0.39 is 0 Å². The molecule has 1 N–H and O–H groups in total. The van der Waals surface area contributed by atoms with Crippen molar-refractivity contribution < 1.29 is 4.74 Å². The van der Waals surface area contributed by atoms with Crippen LogP contribution in [0.15, 0.2) is 24.3 Å². The summed E-state index contributed by atoms with van der Waals surface area (Å²) in [4.78, 5) is 4.46. The van der Waals surface area contributed by atoms with Gasteiger partial charge >= 0.3 is 0 Å². The predicted molar refractivity (Wildman–Crippen MR) is 74.5 cm³/mol. The summed E-state index contributed by atoms with van der Waals surface area (Å²) in [6.45, 7) is 4.17. The molecule has 0 aliphatic heterocycles. The number of aromatic nitrogens is 2. The Bertz CT molecular complexity index is 510. The highest BCUT2D eigenvalue weighted by molar-refractivity contribution is 7.09. The fourth-order valence-electron chi connectivity index (χ4n) is 1.60. The van der Waals surface area contributed by atoms with E-state index in [1.54, 1.807) is 7.11 Å². The van der Waals surface area contributed by atoms with Crippen molar-refractivity contribution in [3.63, 3.8) is 0 Å². The monoisotopic (exact) mass is 263 g/mol. The molecule has 0 unspecified atom stereocenters. The summed E-state index contributed by atoms with van der Waals surface area (Å²) in [5, 5.41) is 4.13. The van der Waals surface area contributed by atoms with Crippen molar-refractivity contribution in [2.75, 3.05) is 12.4 Å². The maximum absolute atomic E-state index is 5.20. The van der Waals surface area contributed by atoms with E-state index in [9.17, 15) is 0 Å². The predicted octanol–water partition coefficient (Wildman–Crippen LogP) is 2.96. The van der Waals surface area contributed by atoms with Gasteiger partial charge in [0.2, 0.25) is 5.13 Å². The zero-order valence-electron chi connectivity index (χ0n) is 10.8. The highest BCUT2D eigenvalue weighted by atomic mass is 32.1. The number of hydrogen-bond acceptors (Lipinski definition) is 5. The van der Waals surface area contributed by atoms with Gasteiger partial charge in [0, 0.05) is 24.0 Å². The van der Waals surface area contributed by atoms with E-state index >= 15 is 0 Å². The first-order valence-electron chi connectivity index (χ1n) is 5.89. The number of nitrogens with zero attached hydrogens (tertiary/aromatic N) is 2. The maximum Gasteiger partial charge on any atom is 0.202 e. The average molecular weight is 263 g/mol. The minimum atomic E-state index is 0.377. The van der Waals surface area contributed by atoms with Crippen LogP contribution in [0.25, 0.3) is 0 Å². The molecule has 4 nitrogen and oxygen atoms in total.